The molecule has 0 aromatic heterocycles. The van der Waals surface area contributed by atoms with Crippen LogP contribution in [0.1, 0.15) is 33.1 Å². The molecule has 0 aliphatic heterocycles. The number of amides is 4. The molecule has 0 aromatic carbocycles. The highest BCUT2D eigenvalue weighted by molar-refractivity contribution is 7.80. The fourth-order valence-corrected chi connectivity index (χ4v) is 2.60. The van der Waals surface area contributed by atoms with E-state index in [0.29, 0.717) is 0 Å². The number of carboxylic acids is 1. The van der Waals surface area contributed by atoms with E-state index in [1.165, 1.54) is 0 Å². The SMILES string of the molecule is CC(C)CC(NC(=O)C(N)CO)C(=O)NC(CS)C(=O)NC(CCC(N)=O)C(=O)O. The van der Waals surface area contributed by atoms with Gasteiger partial charge in [-0.1, -0.05) is 13.8 Å². The number of rotatable bonds is 14. The number of aliphatic carboxylic acids is 1. The molecule has 0 aliphatic carbocycles. The molecule has 4 atom stereocenters. The minimum absolute atomic E-state index is 0.000121. The molecule has 0 aliphatic rings. The number of thiol groups is 1. The average molecular weight is 450 g/mol. The fourth-order valence-electron chi connectivity index (χ4n) is 2.35. The van der Waals surface area contributed by atoms with Gasteiger partial charge in [0.1, 0.15) is 24.2 Å². The van der Waals surface area contributed by atoms with Gasteiger partial charge in [-0.05, 0) is 18.8 Å². The molecule has 30 heavy (non-hydrogen) atoms. The molecule has 4 unspecified atom stereocenters. The summed E-state index contributed by atoms with van der Waals surface area (Å²) in [5.41, 5.74) is 10.4. The summed E-state index contributed by atoms with van der Waals surface area (Å²) >= 11 is 4.01. The van der Waals surface area contributed by atoms with Gasteiger partial charge in [-0.25, -0.2) is 4.79 Å². The highest BCUT2D eigenvalue weighted by Gasteiger charge is 2.30. The monoisotopic (exact) mass is 449 g/mol. The minimum Gasteiger partial charge on any atom is -0.480 e. The van der Waals surface area contributed by atoms with Crippen LogP contribution < -0.4 is 27.4 Å². The van der Waals surface area contributed by atoms with Crippen LogP contribution in [0.15, 0.2) is 0 Å². The number of hydrogen-bond acceptors (Lipinski definition) is 8. The van der Waals surface area contributed by atoms with Gasteiger partial charge in [0.15, 0.2) is 0 Å². The Labute approximate surface area is 179 Å². The summed E-state index contributed by atoms with van der Waals surface area (Å²) in [6.07, 6.45) is -0.232. The second-order valence-corrected chi connectivity index (χ2v) is 7.49. The normalized spacial score (nSPS) is 14.9. The zero-order valence-electron chi connectivity index (χ0n) is 17.0. The van der Waals surface area contributed by atoms with Gasteiger partial charge in [0.25, 0.3) is 0 Å². The molecule has 0 spiro atoms. The van der Waals surface area contributed by atoms with Crippen LogP contribution in [-0.2, 0) is 24.0 Å². The number of primary amides is 1. The smallest absolute Gasteiger partial charge is 0.326 e. The summed E-state index contributed by atoms with van der Waals surface area (Å²) in [4.78, 5) is 59.1. The third-order valence-electron chi connectivity index (χ3n) is 3.98. The van der Waals surface area contributed by atoms with Gasteiger partial charge in [0, 0.05) is 12.2 Å². The van der Waals surface area contributed by atoms with Gasteiger partial charge in [-0.3, -0.25) is 19.2 Å². The number of carboxylic acid groups (broad SMARTS) is 1. The Morgan fingerprint density at radius 2 is 1.43 bits per heavy atom. The average Bonchev–Trinajstić information content (AvgIpc) is 2.66. The summed E-state index contributed by atoms with van der Waals surface area (Å²) in [6, 6.07) is -4.82. The van der Waals surface area contributed by atoms with E-state index >= 15 is 0 Å². The number of nitrogens with two attached hydrogens (primary N) is 2. The molecular formula is C17H31N5O7S. The molecule has 0 heterocycles. The fraction of sp³-hybridized carbons (Fsp3) is 0.706. The molecule has 0 saturated heterocycles. The Balaban J connectivity index is 5.18. The van der Waals surface area contributed by atoms with E-state index in [1.54, 1.807) is 0 Å². The maximum atomic E-state index is 12.6. The lowest BCUT2D eigenvalue weighted by Crippen LogP contribution is -2.58. The Morgan fingerprint density at radius 1 is 0.933 bits per heavy atom. The molecule has 13 heteroatoms. The van der Waals surface area contributed by atoms with Crippen molar-refractivity contribution in [2.75, 3.05) is 12.4 Å². The van der Waals surface area contributed by atoms with Gasteiger partial charge in [-0.15, -0.1) is 0 Å². The standard InChI is InChI=1S/C17H31N5O7S/c1-8(2)5-11(21-14(25)9(18)6-23)15(26)22-12(7-30)16(27)20-10(17(28)29)3-4-13(19)24/h8-12,23,30H,3-7,18H2,1-2H3,(H2,19,24)(H,20,27)(H,21,25)(H,22,26)(H,28,29). The van der Waals surface area contributed by atoms with E-state index in [-0.39, 0.29) is 30.9 Å². The molecule has 0 radical (unpaired) electrons. The van der Waals surface area contributed by atoms with Crippen molar-refractivity contribution in [3.8, 4) is 0 Å². The van der Waals surface area contributed by atoms with Crippen molar-refractivity contribution in [2.24, 2.45) is 17.4 Å². The maximum absolute atomic E-state index is 12.6. The number of carbonyl (C=O) groups excluding carboxylic acids is 4. The second-order valence-electron chi connectivity index (χ2n) is 7.13. The lowest BCUT2D eigenvalue weighted by Gasteiger charge is -2.25. The van der Waals surface area contributed by atoms with Crippen molar-refractivity contribution in [2.45, 2.75) is 57.3 Å². The number of carbonyl (C=O) groups is 5. The van der Waals surface area contributed by atoms with Crippen LogP contribution in [-0.4, -0.2) is 76.3 Å². The van der Waals surface area contributed by atoms with E-state index in [0.717, 1.165) is 0 Å². The zero-order valence-corrected chi connectivity index (χ0v) is 17.9. The summed E-state index contributed by atoms with van der Waals surface area (Å²) in [6.45, 7) is 3.03. The van der Waals surface area contributed by atoms with Crippen LogP contribution >= 0.6 is 12.6 Å². The molecule has 172 valence electrons. The largest absolute Gasteiger partial charge is 0.480 e. The Kier molecular flexibility index (Phi) is 12.7. The van der Waals surface area contributed by atoms with Crippen molar-refractivity contribution in [1.82, 2.24) is 16.0 Å². The van der Waals surface area contributed by atoms with E-state index in [9.17, 15) is 29.1 Å². The van der Waals surface area contributed by atoms with Gasteiger partial charge >= 0.3 is 5.97 Å². The Hall–Kier alpha value is -2.38. The number of hydrogen-bond donors (Lipinski definition) is 8. The van der Waals surface area contributed by atoms with Crippen LogP contribution in [0.4, 0.5) is 0 Å². The number of nitrogens with one attached hydrogen (secondary N) is 3. The topological polar surface area (TPSA) is 214 Å². The first-order valence-corrected chi connectivity index (χ1v) is 9.95. The van der Waals surface area contributed by atoms with E-state index in [2.05, 4.69) is 28.6 Å². The van der Waals surface area contributed by atoms with Crippen molar-refractivity contribution < 1.29 is 34.2 Å². The third-order valence-corrected chi connectivity index (χ3v) is 4.35. The Morgan fingerprint density at radius 3 is 1.87 bits per heavy atom. The maximum Gasteiger partial charge on any atom is 0.326 e. The minimum atomic E-state index is -1.38. The van der Waals surface area contributed by atoms with Crippen molar-refractivity contribution >= 4 is 42.2 Å². The molecule has 0 aromatic rings. The summed E-state index contributed by atoms with van der Waals surface area (Å²) in [5.74, 6) is -4.49. The quantitative estimate of drug-likeness (QED) is 0.128. The number of aliphatic hydroxyl groups excluding tert-OH is 1. The summed E-state index contributed by atoms with van der Waals surface area (Å²) in [5, 5.41) is 25.2. The first-order valence-electron chi connectivity index (χ1n) is 9.32. The molecule has 0 rings (SSSR count). The van der Waals surface area contributed by atoms with E-state index in [1.807, 2.05) is 13.8 Å². The van der Waals surface area contributed by atoms with Crippen molar-refractivity contribution in [1.29, 1.82) is 0 Å². The predicted octanol–water partition coefficient (Wildman–Crippen LogP) is -2.91. The number of aliphatic hydroxyl groups is 1. The highest BCUT2D eigenvalue weighted by atomic mass is 32.1. The van der Waals surface area contributed by atoms with Crippen LogP contribution in [0.3, 0.4) is 0 Å². The first kappa shape index (κ1) is 27.6. The molecule has 0 bridgehead atoms. The lowest BCUT2D eigenvalue weighted by molar-refractivity contribution is -0.142. The van der Waals surface area contributed by atoms with Gasteiger partial charge in [0.05, 0.1) is 6.61 Å². The van der Waals surface area contributed by atoms with Crippen LogP contribution in [0.25, 0.3) is 0 Å². The van der Waals surface area contributed by atoms with Gasteiger partial charge in [-0.2, -0.15) is 12.6 Å². The van der Waals surface area contributed by atoms with Crippen LogP contribution in [0.2, 0.25) is 0 Å². The molecule has 4 amide bonds. The molecule has 12 nitrogen and oxygen atoms in total. The second kappa shape index (κ2) is 13.8. The Bertz CT molecular complexity index is 632. The van der Waals surface area contributed by atoms with Crippen molar-refractivity contribution in [3.05, 3.63) is 0 Å². The molecule has 0 fully saturated rings. The highest BCUT2D eigenvalue weighted by Crippen LogP contribution is 2.07. The first-order chi connectivity index (χ1) is 13.9. The lowest BCUT2D eigenvalue weighted by atomic mass is 10.0. The summed E-state index contributed by atoms with van der Waals surface area (Å²) in [7, 11) is 0. The van der Waals surface area contributed by atoms with E-state index in [4.69, 9.17) is 16.6 Å². The summed E-state index contributed by atoms with van der Waals surface area (Å²) < 4.78 is 0. The van der Waals surface area contributed by atoms with Crippen LogP contribution in [0, 0.1) is 5.92 Å². The van der Waals surface area contributed by atoms with Crippen LogP contribution in [0.5, 0.6) is 0 Å². The predicted molar refractivity (Wildman–Crippen MR) is 110 cm³/mol. The van der Waals surface area contributed by atoms with Crippen molar-refractivity contribution in [3.63, 3.8) is 0 Å². The van der Waals surface area contributed by atoms with E-state index < -0.39 is 60.4 Å². The molecule has 9 N–H and O–H groups in total. The molecule has 0 saturated carbocycles. The van der Waals surface area contributed by atoms with Gasteiger partial charge < -0.3 is 37.6 Å². The van der Waals surface area contributed by atoms with Gasteiger partial charge in [0.2, 0.25) is 23.6 Å². The third kappa shape index (κ3) is 10.4. The molecular weight excluding hydrogens is 418 g/mol. The zero-order chi connectivity index (χ0) is 23.4.